The Kier molecular flexibility index (Phi) is 8.82. The summed E-state index contributed by atoms with van der Waals surface area (Å²) in [7, 11) is 5.63. The molecule has 2 aromatic carbocycles. The lowest BCUT2D eigenvalue weighted by molar-refractivity contribution is -0.143. The van der Waals surface area contributed by atoms with Gasteiger partial charge in [-0.05, 0) is 69.6 Å². The van der Waals surface area contributed by atoms with E-state index >= 15 is 0 Å². The predicted octanol–water partition coefficient (Wildman–Crippen LogP) is 3.15. The lowest BCUT2D eigenvalue weighted by Crippen LogP contribution is -2.52. The molecule has 0 aromatic heterocycles. The normalized spacial score (nSPS) is 19.6. The Bertz CT molecular complexity index is 966. The zero-order valence-corrected chi connectivity index (χ0v) is 20.9. The minimum absolute atomic E-state index is 0.0403. The summed E-state index contributed by atoms with van der Waals surface area (Å²) < 4.78 is 19.3. The number of rotatable bonds is 10. The van der Waals surface area contributed by atoms with Gasteiger partial charge in [0.1, 0.15) is 12.0 Å². The summed E-state index contributed by atoms with van der Waals surface area (Å²) in [6, 6.07) is 14.7. The number of likely N-dealkylation sites (tertiary alicyclic amines) is 1. The fraction of sp³-hybridized carbons (Fsp3) is 0.519. The quantitative estimate of drug-likeness (QED) is 0.521. The number of amides is 1. The molecule has 1 aliphatic rings. The Hall–Kier alpha value is -2.32. The van der Waals surface area contributed by atoms with Crippen LogP contribution >= 0.6 is 0 Å². The molecule has 3 rings (SSSR count). The summed E-state index contributed by atoms with van der Waals surface area (Å²) in [5.41, 5.74) is 2.01. The Morgan fingerprint density at radius 3 is 2.53 bits per heavy atom. The van der Waals surface area contributed by atoms with E-state index in [4.69, 9.17) is 4.74 Å². The van der Waals surface area contributed by atoms with E-state index < -0.39 is 5.41 Å². The number of aliphatic hydroxyl groups is 1. The molecule has 1 aliphatic heterocycles. The van der Waals surface area contributed by atoms with Crippen LogP contribution < -0.4 is 5.32 Å². The number of ether oxygens (including phenoxy) is 1. The molecule has 1 fully saturated rings. The average molecular weight is 472 g/mol. The highest BCUT2D eigenvalue weighted by molar-refractivity contribution is 5.83. The first-order valence-corrected chi connectivity index (χ1v) is 11.9. The summed E-state index contributed by atoms with van der Waals surface area (Å²) in [6.07, 6.45) is 1.41. The zero-order valence-electron chi connectivity index (χ0n) is 20.9. The summed E-state index contributed by atoms with van der Waals surface area (Å²) in [6.45, 7) is 4.64. The number of aliphatic hydroxyl groups excluding tert-OH is 1. The van der Waals surface area contributed by atoms with Gasteiger partial charge in [-0.15, -0.1) is 0 Å². The lowest BCUT2D eigenvalue weighted by Gasteiger charge is -2.35. The molecule has 0 bridgehead atoms. The van der Waals surface area contributed by atoms with Crippen molar-refractivity contribution in [3.05, 3.63) is 59.9 Å². The van der Waals surface area contributed by atoms with E-state index in [9.17, 15) is 14.3 Å². The first-order chi connectivity index (χ1) is 16.2. The van der Waals surface area contributed by atoms with Gasteiger partial charge in [0.2, 0.25) is 5.91 Å². The second-order valence-corrected chi connectivity index (χ2v) is 9.98. The average Bonchev–Trinajstić information content (AvgIpc) is 3.21. The van der Waals surface area contributed by atoms with Gasteiger partial charge in [0.15, 0.2) is 0 Å². The first-order valence-electron chi connectivity index (χ1n) is 11.9. The van der Waals surface area contributed by atoms with Crippen molar-refractivity contribution >= 4 is 5.91 Å². The number of nitrogens with zero attached hydrogens (tertiary/aromatic N) is 2. The highest BCUT2D eigenvalue weighted by Crippen LogP contribution is 2.29. The second-order valence-electron chi connectivity index (χ2n) is 9.98. The van der Waals surface area contributed by atoms with Gasteiger partial charge in [-0.1, -0.05) is 36.4 Å². The number of hydrogen-bond donors (Lipinski definition) is 2. The molecular weight excluding hydrogens is 433 g/mol. The number of nitrogens with one attached hydrogen (secondary N) is 1. The lowest BCUT2D eigenvalue weighted by atomic mass is 9.91. The molecule has 1 amide bonds. The van der Waals surface area contributed by atoms with E-state index in [0.717, 1.165) is 23.1 Å². The molecule has 1 saturated heterocycles. The summed E-state index contributed by atoms with van der Waals surface area (Å²) in [5.74, 6) is -0.305. The minimum atomic E-state index is -0.838. The minimum Gasteiger partial charge on any atom is -0.395 e. The molecule has 0 radical (unpaired) electrons. The zero-order chi connectivity index (χ0) is 24.9. The third kappa shape index (κ3) is 6.21. The van der Waals surface area contributed by atoms with E-state index in [1.54, 1.807) is 27.0 Å². The third-order valence-electron chi connectivity index (χ3n) is 6.71. The summed E-state index contributed by atoms with van der Waals surface area (Å²) >= 11 is 0. The van der Waals surface area contributed by atoms with Gasteiger partial charge in [0.25, 0.3) is 0 Å². The van der Waals surface area contributed by atoms with Crippen LogP contribution in [0.25, 0.3) is 11.1 Å². The van der Waals surface area contributed by atoms with E-state index in [1.165, 1.54) is 12.1 Å². The SMILES string of the molecule is COC(CN[C@H]1CCN(C(=O)C(C)(C)CO)[C@H]1Cc1cccc(-c2cccc(F)c2)c1)N(C)C. The van der Waals surface area contributed by atoms with Crippen molar-refractivity contribution in [1.82, 2.24) is 15.1 Å². The van der Waals surface area contributed by atoms with Crippen molar-refractivity contribution < 1.29 is 19.0 Å². The molecule has 2 aromatic rings. The molecule has 0 aliphatic carbocycles. The molecule has 3 atom stereocenters. The highest BCUT2D eigenvalue weighted by atomic mass is 19.1. The van der Waals surface area contributed by atoms with Gasteiger partial charge < -0.3 is 20.1 Å². The largest absolute Gasteiger partial charge is 0.395 e. The fourth-order valence-electron chi connectivity index (χ4n) is 4.57. The number of methoxy groups -OCH3 is 1. The monoisotopic (exact) mass is 471 g/mol. The Labute approximate surface area is 202 Å². The van der Waals surface area contributed by atoms with Gasteiger partial charge in [0.05, 0.1) is 18.1 Å². The van der Waals surface area contributed by atoms with Gasteiger partial charge in [-0.2, -0.15) is 0 Å². The van der Waals surface area contributed by atoms with Crippen LogP contribution in [0.3, 0.4) is 0 Å². The number of likely N-dealkylation sites (N-methyl/N-ethyl adjacent to an activating group) is 1. The fourth-order valence-corrected chi connectivity index (χ4v) is 4.57. The van der Waals surface area contributed by atoms with Crippen molar-refractivity contribution in [3.63, 3.8) is 0 Å². The van der Waals surface area contributed by atoms with Crippen LogP contribution in [0.5, 0.6) is 0 Å². The van der Waals surface area contributed by atoms with Crippen LogP contribution in [-0.4, -0.2) is 80.0 Å². The van der Waals surface area contributed by atoms with E-state index in [-0.39, 0.29) is 36.6 Å². The maximum absolute atomic E-state index is 13.8. The van der Waals surface area contributed by atoms with Crippen molar-refractivity contribution in [2.75, 3.05) is 40.9 Å². The van der Waals surface area contributed by atoms with Gasteiger partial charge in [-0.25, -0.2) is 4.39 Å². The summed E-state index contributed by atoms with van der Waals surface area (Å²) in [5, 5.41) is 13.4. The smallest absolute Gasteiger partial charge is 0.230 e. The third-order valence-corrected chi connectivity index (χ3v) is 6.71. The van der Waals surface area contributed by atoms with Crippen LogP contribution in [0, 0.1) is 11.2 Å². The van der Waals surface area contributed by atoms with Gasteiger partial charge in [-0.3, -0.25) is 9.69 Å². The van der Waals surface area contributed by atoms with Crippen LogP contribution in [-0.2, 0) is 16.0 Å². The number of benzene rings is 2. The van der Waals surface area contributed by atoms with E-state index in [2.05, 4.69) is 17.4 Å². The standard InChI is InChI=1S/C27H38FN3O3/c1-27(2,18-32)26(33)31-13-12-23(29-17-25(34-5)30(3)4)24(31)15-19-8-6-9-20(14-19)21-10-7-11-22(28)16-21/h6-11,14,16,23-25,29,32H,12-13,15,17-18H2,1-5H3/t23-,24-,25?/m0/s1. The van der Waals surface area contributed by atoms with Crippen LogP contribution in [0.4, 0.5) is 4.39 Å². The maximum Gasteiger partial charge on any atom is 0.230 e. The van der Waals surface area contributed by atoms with Crippen molar-refractivity contribution in [2.45, 2.75) is 45.0 Å². The second kappa shape index (κ2) is 11.4. The molecular formula is C27H38FN3O3. The topological polar surface area (TPSA) is 65.0 Å². The Morgan fingerprint density at radius 1 is 1.24 bits per heavy atom. The van der Waals surface area contributed by atoms with Crippen LogP contribution in [0.2, 0.25) is 0 Å². The van der Waals surface area contributed by atoms with E-state index in [1.807, 2.05) is 42.1 Å². The first kappa shape index (κ1) is 26.3. The van der Waals surface area contributed by atoms with Crippen LogP contribution in [0.15, 0.2) is 48.5 Å². The van der Waals surface area contributed by atoms with Crippen molar-refractivity contribution in [2.24, 2.45) is 5.41 Å². The Balaban J connectivity index is 1.85. The molecule has 7 heteroatoms. The van der Waals surface area contributed by atoms with Crippen molar-refractivity contribution in [3.8, 4) is 11.1 Å². The molecule has 0 spiro atoms. The van der Waals surface area contributed by atoms with E-state index in [0.29, 0.717) is 19.5 Å². The highest BCUT2D eigenvalue weighted by Gasteiger charge is 2.42. The van der Waals surface area contributed by atoms with Crippen LogP contribution in [0.1, 0.15) is 25.8 Å². The Morgan fingerprint density at radius 2 is 1.91 bits per heavy atom. The molecule has 1 heterocycles. The molecule has 2 N–H and O–H groups in total. The molecule has 1 unspecified atom stereocenters. The van der Waals surface area contributed by atoms with Gasteiger partial charge >= 0.3 is 0 Å². The molecule has 0 saturated carbocycles. The number of halogens is 1. The maximum atomic E-state index is 13.8. The molecule has 34 heavy (non-hydrogen) atoms. The summed E-state index contributed by atoms with van der Waals surface area (Å²) in [4.78, 5) is 17.3. The number of carbonyl (C=O) groups is 1. The molecule has 6 nitrogen and oxygen atoms in total. The number of carbonyl (C=O) groups excluding carboxylic acids is 1. The predicted molar refractivity (Wildman–Crippen MR) is 133 cm³/mol. The van der Waals surface area contributed by atoms with Gasteiger partial charge in [0, 0.05) is 26.2 Å². The number of hydrogen-bond acceptors (Lipinski definition) is 5. The van der Waals surface area contributed by atoms with Crippen molar-refractivity contribution in [1.29, 1.82) is 0 Å². The molecule has 186 valence electrons.